The van der Waals surface area contributed by atoms with Gasteiger partial charge in [-0.1, -0.05) is 6.42 Å². The second kappa shape index (κ2) is 9.13. The monoisotopic (exact) mass is 258 g/mol. The molecule has 6 heteroatoms. The third-order valence-corrected chi connectivity index (χ3v) is 3.33. The zero-order valence-electron chi connectivity index (χ0n) is 11.1. The highest BCUT2D eigenvalue weighted by Gasteiger charge is 2.15. The second-order valence-corrected chi connectivity index (χ2v) is 4.76. The number of aliphatic hydroxyl groups excluding tert-OH is 1. The summed E-state index contributed by atoms with van der Waals surface area (Å²) in [5.41, 5.74) is 4.98. The average molecular weight is 258 g/mol. The van der Waals surface area contributed by atoms with E-state index in [1.54, 1.807) is 0 Å². The predicted octanol–water partition coefficient (Wildman–Crippen LogP) is -0.565. The second-order valence-electron chi connectivity index (χ2n) is 4.76. The first-order chi connectivity index (χ1) is 8.72. The number of unbranched alkanes of at least 4 members (excludes halogenated alkanes) is 2. The lowest BCUT2D eigenvalue weighted by Gasteiger charge is -2.34. The van der Waals surface area contributed by atoms with E-state index in [1.165, 1.54) is 6.42 Å². The lowest BCUT2D eigenvalue weighted by Crippen LogP contribution is -2.47. The standard InChI is InChI=1S/C12H26N4O2/c13-12(18)14-4-2-1-3-5-15-6-8-16(9-7-15)10-11-17/h17H,1-11H2,(H3,13,14,18). The van der Waals surface area contributed by atoms with Crippen LogP contribution in [-0.2, 0) is 0 Å². The Hall–Kier alpha value is -0.850. The average Bonchev–Trinajstić information content (AvgIpc) is 2.35. The fraction of sp³-hybridized carbons (Fsp3) is 0.917. The van der Waals surface area contributed by atoms with Crippen LogP contribution >= 0.6 is 0 Å². The van der Waals surface area contributed by atoms with E-state index in [0.29, 0.717) is 6.54 Å². The van der Waals surface area contributed by atoms with Gasteiger partial charge in [0.25, 0.3) is 0 Å². The maximum atomic E-state index is 10.4. The molecule has 4 N–H and O–H groups in total. The predicted molar refractivity (Wildman–Crippen MR) is 71.4 cm³/mol. The van der Waals surface area contributed by atoms with E-state index in [4.69, 9.17) is 10.8 Å². The summed E-state index contributed by atoms with van der Waals surface area (Å²) in [4.78, 5) is 15.2. The maximum Gasteiger partial charge on any atom is 0.312 e. The fourth-order valence-electron chi connectivity index (χ4n) is 2.23. The number of nitrogens with two attached hydrogens (primary N) is 1. The molecule has 0 aliphatic carbocycles. The Morgan fingerprint density at radius 3 is 2.22 bits per heavy atom. The molecular weight excluding hydrogens is 232 g/mol. The van der Waals surface area contributed by atoms with E-state index in [2.05, 4.69) is 15.1 Å². The van der Waals surface area contributed by atoms with Crippen LogP contribution in [0.15, 0.2) is 0 Å². The molecule has 0 radical (unpaired) electrons. The van der Waals surface area contributed by atoms with Crippen molar-refractivity contribution in [1.29, 1.82) is 0 Å². The summed E-state index contributed by atoms with van der Waals surface area (Å²) in [6, 6.07) is -0.435. The van der Waals surface area contributed by atoms with Crippen molar-refractivity contribution in [1.82, 2.24) is 15.1 Å². The minimum absolute atomic E-state index is 0.257. The first-order valence-corrected chi connectivity index (χ1v) is 6.81. The summed E-state index contributed by atoms with van der Waals surface area (Å²) in [7, 11) is 0. The van der Waals surface area contributed by atoms with Gasteiger partial charge in [-0.05, 0) is 19.4 Å². The number of urea groups is 1. The molecule has 0 aromatic heterocycles. The summed E-state index contributed by atoms with van der Waals surface area (Å²) < 4.78 is 0. The van der Waals surface area contributed by atoms with Crippen molar-refractivity contribution < 1.29 is 9.90 Å². The molecule has 106 valence electrons. The van der Waals surface area contributed by atoms with Crippen LogP contribution in [0.25, 0.3) is 0 Å². The summed E-state index contributed by atoms with van der Waals surface area (Å²) >= 11 is 0. The minimum Gasteiger partial charge on any atom is -0.395 e. The molecular formula is C12H26N4O2. The van der Waals surface area contributed by atoms with Crippen molar-refractivity contribution in [3.05, 3.63) is 0 Å². The summed E-state index contributed by atoms with van der Waals surface area (Å²) in [5.74, 6) is 0. The molecule has 1 rings (SSSR count). The number of nitrogens with one attached hydrogen (secondary N) is 1. The Balaban J connectivity index is 1.93. The molecule has 1 aliphatic rings. The highest BCUT2D eigenvalue weighted by atomic mass is 16.3. The Morgan fingerprint density at radius 2 is 1.67 bits per heavy atom. The number of piperazine rings is 1. The lowest BCUT2D eigenvalue weighted by atomic mass is 10.2. The Bertz CT molecular complexity index is 230. The zero-order chi connectivity index (χ0) is 13.2. The van der Waals surface area contributed by atoms with E-state index in [1.807, 2.05) is 0 Å². The molecule has 6 nitrogen and oxygen atoms in total. The molecule has 0 bridgehead atoms. The number of carbonyl (C=O) groups is 1. The van der Waals surface area contributed by atoms with Gasteiger partial charge in [0.1, 0.15) is 0 Å². The van der Waals surface area contributed by atoms with Crippen LogP contribution in [-0.4, -0.2) is 73.4 Å². The molecule has 1 saturated heterocycles. The highest BCUT2D eigenvalue weighted by Crippen LogP contribution is 2.04. The van der Waals surface area contributed by atoms with Crippen molar-refractivity contribution in [2.45, 2.75) is 19.3 Å². The third kappa shape index (κ3) is 6.78. The van der Waals surface area contributed by atoms with Crippen LogP contribution in [0.3, 0.4) is 0 Å². The smallest absolute Gasteiger partial charge is 0.312 e. The van der Waals surface area contributed by atoms with Gasteiger partial charge in [0.2, 0.25) is 0 Å². The number of nitrogens with zero attached hydrogens (tertiary/aromatic N) is 2. The number of aliphatic hydroxyl groups is 1. The number of β-amino-alcohol motifs (C(OH)–C–C–N with tert-alkyl or cyclic N) is 1. The van der Waals surface area contributed by atoms with Gasteiger partial charge in [-0.3, -0.25) is 4.90 Å². The molecule has 2 amide bonds. The number of carbonyl (C=O) groups excluding carboxylic acids is 1. The van der Waals surface area contributed by atoms with Gasteiger partial charge in [0.05, 0.1) is 6.61 Å². The highest BCUT2D eigenvalue weighted by molar-refractivity contribution is 5.71. The first kappa shape index (κ1) is 15.2. The number of primary amides is 1. The SMILES string of the molecule is NC(=O)NCCCCCN1CCN(CCO)CC1. The summed E-state index contributed by atoms with van der Waals surface area (Å²) in [6.07, 6.45) is 3.28. The van der Waals surface area contributed by atoms with Crippen molar-refractivity contribution >= 4 is 6.03 Å². The summed E-state index contributed by atoms with van der Waals surface area (Å²) in [6.45, 7) is 7.18. The van der Waals surface area contributed by atoms with Crippen LogP contribution in [0, 0.1) is 0 Å². The lowest BCUT2D eigenvalue weighted by molar-refractivity contribution is 0.111. The van der Waals surface area contributed by atoms with Crippen molar-refractivity contribution in [2.24, 2.45) is 5.73 Å². The topological polar surface area (TPSA) is 81.8 Å². The van der Waals surface area contributed by atoms with Gasteiger partial charge >= 0.3 is 6.03 Å². The normalized spacial score (nSPS) is 17.8. The number of hydrogen-bond donors (Lipinski definition) is 3. The van der Waals surface area contributed by atoms with Crippen LogP contribution < -0.4 is 11.1 Å². The van der Waals surface area contributed by atoms with Crippen LogP contribution in [0.4, 0.5) is 4.79 Å². The van der Waals surface area contributed by atoms with E-state index in [0.717, 1.165) is 52.1 Å². The van der Waals surface area contributed by atoms with Gasteiger partial charge in [0, 0.05) is 39.3 Å². The molecule has 18 heavy (non-hydrogen) atoms. The van der Waals surface area contributed by atoms with Crippen LogP contribution in [0.2, 0.25) is 0 Å². The number of amides is 2. The Kier molecular flexibility index (Phi) is 7.71. The zero-order valence-corrected chi connectivity index (χ0v) is 11.1. The molecule has 1 fully saturated rings. The molecule has 0 spiro atoms. The fourth-order valence-corrected chi connectivity index (χ4v) is 2.23. The largest absolute Gasteiger partial charge is 0.395 e. The molecule has 0 atom stereocenters. The molecule has 0 unspecified atom stereocenters. The molecule has 0 aromatic rings. The number of hydrogen-bond acceptors (Lipinski definition) is 4. The third-order valence-electron chi connectivity index (χ3n) is 3.33. The van der Waals surface area contributed by atoms with E-state index in [9.17, 15) is 4.79 Å². The van der Waals surface area contributed by atoms with Gasteiger partial charge in [-0.2, -0.15) is 0 Å². The van der Waals surface area contributed by atoms with Crippen LogP contribution in [0.5, 0.6) is 0 Å². The minimum atomic E-state index is -0.435. The molecule has 1 aliphatic heterocycles. The van der Waals surface area contributed by atoms with E-state index < -0.39 is 6.03 Å². The van der Waals surface area contributed by atoms with Crippen molar-refractivity contribution in [3.63, 3.8) is 0 Å². The van der Waals surface area contributed by atoms with Crippen molar-refractivity contribution in [3.8, 4) is 0 Å². The van der Waals surface area contributed by atoms with Crippen molar-refractivity contribution in [2.75, 3.05) is 52.4 Å². The summed E-state index contributed by atoms with van der Waals surface area (Å²) in [5, 5.41) is 11.5. The maximum absolute atomic E-state index is 10.4. The Morgan fingerprint density at radius 1 is 1.06 bits per heavy atom. The van der Waals surface area contributed by atoms with Crippen LogP contribution in [0.1, 0.15) is 19.3 Å². The van der Waals surface area contributed by atoms with E-state index in [-0.39, 0.29) is 6.61 Å². The number of rotatable bonds is 8. The molecule has 0 saturated carbocycles. The van der Waals surface area contributed by atoms with Gasteiger partial charge in [0.15, 0.2) is 0 Å². The van der Waals surface area contributed by atoms with Gasteiger partial charge in [-0.15, -0.1) is 0 Å². The first-order valence-electron chi connectivity index (χ1n) is 6.81. The quantitative estimate of drug-likeness (QED) is 0.510. The van der Waals surface area contributed by atoms with E-state index >= 15 is 0 Å². The Labute approximate surface area is 109 Å². The van der Waals surface area contributed by atoms with Gasteiger partial charge in [-0.25, -0.2) is 4.79 Å². The molecule has 0 aromatic carbocycles. The molecule has 1 heterocycles. The van der Waals surface area contributed by atoms with Gasteiger partial charge < -0.3 is 21.1 Å².